The fourth-order valence-corrected chi connectivity index (χ4v) is 1.93. The quantitative estimate of drug-likeness (QED) is 0.838. The molecule has 0 aliphatic carbocycles. The Kier molecular flexibility index (Phi) is 4.95. The molecule has 0 spiro atoms. The molecule has 1 heterocycles. The zero-order valence-electron chi connectivity index (χ0n) is 11.4. The predicted molar refractivity (Wildman–Crippen MR) is 72.4 cm³/mol. The van der Waals surface area contributed by atoms with Gasteiger partial charge in [0.2, 0.25) is 0 Å². The Hall–Kier alpha value is -2.08. The van der Waals surface area contributed by atoms with Gasteiger partial charge in [0, 0.05) is 19.6 Å². The summed E-state index contributed by atoms with van der Waals surface area (Å²) >= 11 is 0. The van der Waals surface area contributed by atoms with Crippen LogP contribution in [0.2, 0.25) is 0 Å². The van der Waals surface area contributed by atoms with Crippen molar-refractivity contribution < 1.29 is 19.1 Å². The van der Waals surface area contributed by atoms with Gasteiger partial charge in [-0.15, -0.1) is 0 Å². The smallest absolute Gasteiger partial charge is 0.337 e. The number of hydrogen-bond donors (Lipinski definition) is 1. The molecule has 1 aliphatic heterocycles. The van der Waals surface area contributed by atoms with Crippen LogP contribution in [-0.2, 0) is 16.0 Å². The molecule has 1 fully saturated rings. The zero-order chi connectivity index (χ0) is 14.4. The number of hydrogen-bond acceptors (Lipinski definition) is 4. The van der Waals surface area contributed by atoms with Crippen molar-refractivity contribution in [3.05, 3.63) is 35.4 Å². The van der Waals surface area contributed by atoms with Crippen LogP contribution in [0, 0.1) is 0 Å². The van der Waals surface area contributed by atoms with Gasteiger partial charge in [-0.3, -0.25) is 0 Å². The van der Waals surface area contributed by atoms with Crippen LogP contribution in [0.25, 0.3) is 0 Å². The van der Waals surface area contributed by atoms with E-state index in [-0.39, 0.29) is 12.0 Å². The number of nitrogens with one attached hydrogen (secondary N) is 1. The van der Waals surface area contributed by atoms with Gasteiger partial charge in [-0.05, 0) is 17.7 Å². The molecule has 2 rings (SSSR count). The van der Waals surface area contributed by atoms with Crippen molar-refractivity contribution in [3.63, 3.8) is 0 Å². The second-order valence-electron chi connectivity index (χ2n) is 4.45. The molecule has 0 aromatic heterocycles. The van der Waals surface area contributed by atoms with Gasteiger partial charge in [0.1, 0.15) is 0 Å². The van der Waals surface area contributed by atoms with Gasteiger partial charge < -0.3 is 19.7 Å². The molecule has 0 saturated carbocycles. The average Bonchev–Trinajstić information content (AvgIpc) is 2.53. The molecule has 0 unspecified atom stereocenters. The van der Waals surface area contributed by atoms with E-state index in [4.69, 9.17) is 4.74 Å². The molecule has 2 amide bonds. The summed E-state index contributed by atoms with van der Waals surface area (Å²) in [6.45, 7) is 2.83. The highest BCUT2D eigenvalue weighted by atomic mass is 16.5. The Morgan fingerprint density at radius 3 is 2.50 bits per heavy atom. The van der Waals surface area contributed by atoms with E-state index >= 15 is 0 Å². The van der Waals surface area contributed by atoms with E-state index in [1.807, 2.05) is 0 Å². The first kappa shape index (κ1) is 14.3. The number of carbonyl (C=O) groups is 2. The summed E-state index contributed by atoms with van der Waals surface area (Å²) in [6.07, 6.45) is 0. The highest BCUT2D eigenvalue weighted by Gasteiger charge is 2.16. The molecule has 1 N–H and O–H groups in total. The average molecular weight is 278 g/mol. The summed E-state index contributed by atoms with van der Waals surface area (Å²) in [6, 6.07) is 6.87. The van der Waals surface area contributed by atoms with E-state index in [9.17, 15) is 9.59 Å². The van der Waals surface area contributed by atoms with E-state index in [0.29, 0.717) is 38.4 Å². The van der Waals surface area contributed by atoms with Crippen LogP contribution >= 0.6 is 0 Å². The Labute approximate surface area is 117 Å². The summed E-state index contributed by atoms with van der Waals surface area (Å²) in [5.74, 6) is -0.367. The van der Waals surface area contributed by atoms with E-state index in [2.05, 4.69) is 10.1 Å². The molecule has 6 nitrogen and oxygen atoms in total. The van der Waals surface area contributed by atoms with Gasteiger partial charge in [0.05, 0.1) is 25.9 Å². The molecule has 108 valence electrons. The molecule has 6 heteroatoms. The van der Waals surface area contributed by atoms with Crippen molar-refractivity contribution in [1.82, 2.24) is 10.2 Å². The number of morpholine rings is 1. The van der Waals surface area contributed by atoms with Crippen LogP contribution in [0.4, 0.5) is 4.79 Å². The Bertz CT molecular complexity index is 467. The first-order chi connectivity index (χ1) is 9.70. The number of ether oxygens (including phenoxy) is 2. The highest BCUT2D eigenvalue weighted by molar-refractivity contribution is 5.89. The third kappa shape index (κ3) is 3.71. The summed E-state index contributed by atoms with van der Waals surface area (Å²) in [5, 5.41) is 2.85. The summed E-state index contributed by atoms with van der Waals surface area (Å²) in [5.41, 5.74) is 1.43. The number of urea groups is 1. The summed E-state index contributed by atoms with van der Waals surface area (Å²) < 4.78 is 9.82. The molecule has 0 bridgehead atoms. The fourth-order valence-electron chi connectivity index (χ4n) is 1.93. The van der Waals surface area contributed by atoms with Crippen LogP contribution in [0.1, 0.15) is 15.9 Å². The molecular formula is C14H18N2O4. The molecule has 0 atom stereocenters. The lowest BCUT2D eigenvalue weighted by Gasteiger charge is -2.26. The lowest BCUT2D eigenvalue weighted by Crippen LogP contribution is -2.45. The first-order valence-electron chi connectivity index (χ1n) is 6.48. The topological polar surface area (TPSA) is 67.9 Å². The normalized spacial score (nSPS) is 14.8. The van der Waals surface area contributed by atoms with Crippen LogP contribution in [-0.4, -0.2) is 50.3 Å². The molecule has 1 aromatic rings. The largest absolute Gasteiger partial charge is 0.465 e. The van der Waals surface area contributed by atoms with Crippen LogP contribution in [0.15, 0.2) is 24.3 Å². The zero-order valence-corrected chi connectivity index (χ0v) is 11.4. The second-order valence-corrected chi connectivity index (χ2v) is 4.45. The maximum absolute atomic E-state index is 11.9. The highest BCUT2D eigenvalue weighted by Crippen LogP contribution is 2.06. The maximum Gasteiger partial charge on any atom is 0.337 e. The minimum Gasteiger partial charge on any atom is -0.465 e. The first-order valence-corrected chi connectivity index (χ1v) is 6.48. The lowest BCUT2D eigenvalue weighted by atomic mass is 10.1. The van der Waals surface area contributed by atoms with E-state index in [1.54, 1.807) is 29.2 Å². The Morgan fingerprint density at radius 1 is 1.25 bits per heavy atom. The number of nitrogens with zero attached hydrogens (tertiary/aromatic N) is 1. The van der Waals surface area contributed by atoms with Crippen LogP contribution < -0.4 is 5.32 Å². The number of amides is 2. The summed E-state index contributed by atoms with van der Waals surface area (Å²) in [4.78, 5) is 24.9. The van der Waals surface area contributed by atoms with Gasteiger partial charge in [-0.25, -0.2) is 9.59 Å². The van der Waals surface area contributed by atoms with Gasteiger partial charge in [0.25, 0.3) is 0 Å². The monoisotopic (exact) mass is 278 g/mol. The summed E-state index contributed by atoms with van der Waals surface area (Å²) in [7, 11) is 1.35. The number of rotatable bonds is 3. The van der Waals surface area contributed by atoms with Crippen molar-refractivity contribution in [2.24, 2.45) is 0 Å². The number of carbonyl (C=O) groups excluding carboxylic acids is 2. The van der Waals surface area contributed by atoms with Crippen molar-refractivity contribution in [3.8, 4) is 0 Å². The third-order valence-electron chi connectivity index (χ3n) is 3.12. The molecule has 0 radical (unpaired) electrons. The molecular weight excluding hydrogens is 260 g/mol. The maximum atomic E-state index is 11.9. The van der Waals surface area contributed by atoms with Crippen molar-refractivity contribution in [2.45, 2.75) is 6.54 Å². The predicted octanol–water partition coefficient (Wildman–Crippen LogP) is 1.01. The fraction of sp³-hybridized carbons (Fsp3) is 0.429. The van der Waals surface area contributed by atoms with Crippen LogP contribution in [0.5, 0.6) is 0 Å². The Balaban J connectivity index is 1.84. The van der Waals surface area contributed by atoms with E-state index < -0.39 is 0 Å². The van der Waals surface area contributed by atoms with Crippen molar-refractivity contribution >= 4 is 12.0 Å². The van der Waals surface area contributed by atoms with Gasteiger partial charge >= 0.3 is 12.0 Å². The van der Waals surface area contributed by atoms with Crippen molar-refractivity contribution in [1.29, 1.82) is 0 Å². The van der Waals surface area contributed by atoms with Crippen molar-refractivity contribution in [2.75, 3.05) is 33.4 Å². The van der Waals surface area contributed by atoms with Gasteiger partial charge in [-0.2, -0.15) is 0 Å². The Morgan fingerprint density at radius 2 is 1.90 bits per heavy atom. The standard InChI is InChI=1S/C14H18N2O4/c1-19-13(17)12-4-2-11(3-5-12)10-15-14(18)16-6-8-20-9-7-16/h2-5H,6-10H2,1H3,(H,15,18). The van der Waals surface area contributed by atoms with E-state index in [1.165, 1.54) is 7.11 Å². The molecule has 1 aliphatic rings. The van der Waals surface area contributed by atoms with Crippen LogP contribution in [0.3, 0.4) is 0 Å². The second kappa shape index (κ2) is 6.91. The molecule has 20 heavy (non-hydrogen) atoms. The van der Waals surface area contributed by atoms with E-state index in [0.717, 1.165) is 5.56 Å². The molecule has 1 aromatic carbocycles. The third-order valence-corrected chi connectivity index (χ3v) is 3.12. The minimum atomic E-state index is -0.367. The minimum absolute atomic E-state index is 0.0923. The number of methoxy groups -OCH3 is 1. The van der Waals surface area contributed by atoms with Gasteiger partial charge in [-0.1, -0.05) is 12.1 Å². The number of benzene rings is 1. The SMILES string of the molecule is COC(=O)c1ccc(CNC(=O)N2CCOCC2)cc1. The number of esters is 1. The molecule has 1 saturated heterocycles. The van der Waals surface area contributed by atoms with Gasteiger partial charge in [0.15, 0.2) is 0 Å². The lowest BCUT2D eigenvalue weighted by molar-refractivity contribution is 0.0531.